The second-order valence-electron chi connectivity index (χ2n) is 4.69. The van der Waals surface area contributed by atoms with Crippen LogP contribution in [0.25, 0.3) is 6.08 Å². The van der Waals surface area contributed by atoms with Gasteiger partial charge in [-0.05, 0) is 23.8 Å². The van der Waals surface area contributed by atoms with Gasteiger partial charge in [0.05, 0.1) is 20.3 Å². The predicted molar refractivity (Wildman–Crippen MR) is 75.9 cm³/mol. The van der Waals surface area contributed by atoms with E-state index in [2.05, 4.69) is 0 Å². The van der Waals surface area contributed by atoms with E-state index in [1.807, 2.05) is 0 Å². The molecule has 0 saturated carbocycles. The van der Waals surface area contributed by atoms with Gasteiger partial charge in [0.2, 0.25) is 5.91 Å². The number of methoxy groups -OCH3 is 1. The summed E-state index contributed by atoms with van der Waals surface area (Å²) in [7, 11) is 1.36. The van der Waals surface area contributed by atoms with E-state index in [1.54, 1.807) is 6.07 Å². The van der Waals surface area contributed by atoms with Crippen LogP contribution < -0.4 is 4.74 Å². The highest BCUT2D eigenvalue weighted by molar-refractivity contribution is 5.94. The topological polar surface area (TPSA) is 76.1 Å². The largest absolute Gasteiger partial charge is 0.494 e. The van der Waals surface area contributed by atoms with E-state index in [-0.39, 0.29) is 18.9 Å². The van der Waals surface area contributed by atoms with Crippen LogP contribution in [0, 0.1) is 5.82 Å². The number of nitrogens with zero attached hydrogens (tertiary/aromatic N) is 1. The molecule has 1 aromatic carbocycles. The molecule has 1 saturated heterocycles. The predicted octanol–water partition coefficient (Wildman–Crippen LogP) is 1.16. The monoisotopic (exact) mass is 309 g/mol. The summed E-state index contributed by atoms with van der Waals surface area (Å²) in [6, 6.07) is 3.28. The first-order valence-electron chi connectivity index (χ1n) is 6.65. The number of benzene rings is 1. The number of halogens is 1. The molecule has 0 aliphatic carbocycles. The Bertz CT molecular complexity index is 602. The van der Waals surface area contributed by atoms with Crippen molar-refractivity contribution in [2.75, 3.05) is 26.9 Å². The average molecular weight is 309 g/mol. The van der Waals surface area contributed by atoms with E-state index < -0.39 is 23.7 Å². The number of ether oxygens (including phenoxy) is 2. The molecule has 1 N–H and O–H groups in total. The molecule has 1 atom stereocenters. The van der Waals surface area contributed by atoms with Crippen molar-refractivity contribution >= 4 is 18.0 Å². The summed E-state index contributed by atoms with van der Waals surface area (Å²) in [6.45, 7) is 0.462. The Morgan fingerprint density at radius 3 is 2.91 bits per heavy atom. The Morgan fingerprint density at radius 2 is 2.27 bits per heavy atom. The lowest BCUT2D eigenvalue weighted by Gasteiger charge is -2.31. The van der Waals surface area contributed by atoms with Crippen LogP contribution in [-0.4, -0.2) is 54.8 Å². The molecule has 1 aromatic rings. The molecule has 7 heteroatoms. The zero-order chi connectivity index (χ0) is 16.1. The minimum Gasteiger partial charge on any atom is -0.494 e. The number of carbonyl (C=O) groups excluding carboxylic acids is 1. The maximum atomic E-state index is 13.5. The van der Waals surface area contributed by atoms with Crippen LogP contribution >= 0.6 is 0 Å². The molecular weight excluding hydrogens is 293 g/mol. The van der Waals surface area contributed by atoms with Crippen molar-refractivity contribution in [3.8, 4) is 5.75 Å². The van der Waals surface area contributed by atoms with Crippen LogP contribution in [0.15, 0.2) is 24.3 Å². The first-order valence-corrected chi connectivity index (χ1v) is 6.65. The summed E-state index contributed by atoms with van der Waals surface area (Å²) in [6.07, 6.45) is 2.65. The highest BCUT2D eigenvalue weighted by Crippen LogP contribution is 2.18. The van der Waals surface area contributed by atoms with E-state index in [1.165, 1.54) is 36.3 Å². The lowest BCUT2D eigenvalue weighted by atomic mass is 10.1. The Hall–Kier alpha value is -2.41. The summed E-state index contributed by atoms with van der Waals surface area (Å²) < 4.78 is 23.4. The lowest BCUT2D eigenvalue weighted by molar-refractivity contribution is -0.156. The molecule has 1 heterocycles. The first kappa shape index (κ1) is 16.0. The van der Waals surface area contributed by atoms with Gasteiger partial charge in [0.25, 0.3) is 0 Å². The average Bonchev–Trinajstić information content (AvgIpc) is 2.52. The number of rotatable bonds is 4. The highest BCUT2D eigenvalue weighted by atomic mass is 19.1. The maximum Gasteiger partial charge on any atom is 0.328 e. The molecule has 1 unspecified atom stereocenters. The Labute approximate surface area is 126 Å². The lowest BCUT2D eigenvalue weighted by Crippen LogP contribution is -2.52. The van der Waals surface area contributed by atoms with Gasteiger partial charge in [0.1, 0.15) is 0 Å². The van der Waals surface area contributed by atoms with Gasteiger partial charge in [0, 0.05) is 12.6 Å². The molecule has 118 valence electrons. The molecule has 0 spiro atoms. The molecule has 0 aromatic heterocycles. The van der Waals surface area contributed by atoms with Gasteiger partial charge in [-0.3, -0.25) is 4.79 Å². The molecule has 1 aliphatic heterocycles. The number of hydrogen-bond acceptors (Lipinski definition) is 4. The number of hydrogen-bond donors (Lipinski definition) is 1. The quantitative estimate of drug-likeness (QED) is 0.845. The number of carboxylic acids is 1. The van der Waals surface area contributed by atoms with Crippen LogP contribution in [0.2, 0.25) is 0 Å². The molecule has 6 nitrogen and oxygen atoms in total. The number of carboxylic acid groups (broad SMARTS) is 1. The van der Waals surface area contributed by atoms with E-state index in [0.717, 1.165) is 0 Å². The summed E-state index contributed by atoms with van der Waals surface area (Å²) in [4.78, 5) is 24.4. The van der Waals surface area contributed by atoms with Gasteiger partial charge in [0.15, 0.2) is 17.6 Å². The van der Waals surface area contributed by atoms with Gasteiger partial charge in [-0.2, -0.15) is 0 Å². The Kier molecular flexibility index (Phi) is 5.11. The summed E-state index contributed by atoms with van der Waals surface area (Å²) in [5.41, 5.74) is 0.479. The molecule has 2 rings (SSSR count). The van der Waals surface area contributed by atoms with Gasteiger partial charge in [-0.25, -0.2) is 9.18 Å². The van der Waals surface area contributed by atoms with Crippen molar-refractivity contribution in [2.24, 2.45) is 0 Å². The van der Waals surface area contributed by atoms with Crippen LogP contribution in [0.4, 0.5) is 4.39 Å². The molecule has 1 aliphatic rings. The van der Waals surface area contributed by atoms with E-state index in [9.17, 15) is 14.0 Å². The fourth-order valence-corrected chi connectivity index (χ4v) is 2.12. The third-order valence-corrected chi connectivity index (χ3v) is 3.29. The first-order chi connectivity index (χ1) is 10.5. The molecule has 0 radical (unpaired) electrons. The molecular formula is C15H16FNO5. The number of amides is 1. The Morgan fingerprint density at radius 1 is 1.50 bits per heavy atom. The zero-order valence-corrected chi connectivity index (χ0v) is 12.0. The molecule has 0 bridgehead atoms. The van der Waals surface area contributed by atoms with Crippen molar-refractivity contribution in [2.45, 2.75) is 6.04 Å². The molecule has 1 amide bonds. The van der Waals surface area contributed by atoms with E-state index in [0.29, 0.717) is 12.2 Å². The number of aliphatic carboxylic acids is 1. The van der Waals surface area contributed by atoms with Crippen molar-refractivity contribution < 1.29 is 28.6 Å². The van der Waals surface area contributed by atoms with Crippen molar-refractivity contribution in [3.05, 3.63) is 35.7 Å². The maximum absolute atomic E-state index is 13.5. The van der Waals surface area contributed by atoms with Gasteiger partial charge < -0.3 is 19.5 Å². The van der Waals surface area contributed by atoms with E-state index >= 15 is 0 Å². The second kappa shape index (κ2) is 7.04. The summed E-state index contributed by atoms with van der Waals surface area (Å²) in [5, 5.41) is 9.08. The second-order valence-corrected chi connectivity index (χ2v) is 4.69. The summed E-state index contributed by atoms with van der Waals surface area (Å²) in [5.74, 6) is -1.99. The third kappa shape index (κ3) is 3.62. The minimum atomic E-state index is -1.11. The van der Waals surface area contributed by atoms with Crippen LogP contribution in [-0.2, 0) is 14.3 Å². The molecule has 22 heavy (non-hydrogen) atoms. The van der Waals surface area contributed by atoms with Crippen molar-refractivity contribution in [3.63, 3.8) is 0 Å². The van der Waals surface area contributed by atoms with Crippen LogP contribution in [0.5, 0.6) is 5.75 Å². The standard InChI is InChI=1S/C15H16FNO5/c1-21-13-4-2-10(8-11(13)16)3-5-14(18)17-6-7-22-9-12(17)15(19)20/h2-5,8,12H,6-7,9H2,1H3,(H,19,20)/b5-3+. The smallest absolute Gasteiger partial charge is 0.328 e. The fourth-order valence-electron chi connectivity index (χ4n) is 2.12. The highest BCUT2D eigenvalue weighted by Gasteiger charge is 2.31. The zero-order valence-electron chi connectivity index (χ0n) is 12.0. The van der Waals surface area contributed by atoms with Crippen LogP contribution in [0.3, 0.4) is 0 Å². The van der Waals surface area contributed by atoms with Gasteiger partial charge in [-0.15, -0.1) is 0 Å². The number of carbonyl (C=O) groups is 2. The fraction of sp³-hybridized carbons (Fsp3) is 0.333. The van der Waals surface area contributed by atoms with Gasteiger partial charge in [-0.1, -0.05) is 6.07 Å². The van der Waals surface area contributed by atoms with Gasteiger partial charge >= 0.3 is 5.97 Å². The number of morpholine rings is 1. The summed E-state index contributed by atoms with van der Waals surface area (Å²) >= 11 is 0. The SMILES string of the molecule is COc1ccc(/C=C/C(=O)N2CCOCC2C(=O)O)cc1F. The normalized spacial score (nSPS) is 18.5. The van der Waals surface area contributed by atoms with Crippen molar-refractivity contribution in [1.29, 1.82) is 0 Å². The van der Waals surface area contributed by atoms with Crippen molar-refractivity contribution in [1.82, 2.24) is 4.90 Å². The minimum absolute atomic E-state index is 0.0356. The molecule has 1 fully saturated rings. The van der Waals surface area contributed by atoms with Crippen LogP contribution in [0.1, 0.15) is 5.56 Å². The van der Waals surface area contributed by atoms with E-state index in [4.69, 9.17) is 14.6 Å². The Balaban J connectivity index is 2.10. The third-order valence-electron chi connectivity index (χ3n) is 3.29.